The maximum atomic E-state index is 10.0. The molecule has 6 heteroatoms. The van der Waals surface area contributed by atoms with Crippen LogP contribution in [0.3, 0.4) is 0 Å². The molecule has 0 heterocycles. The first-order chi connectivity index (χ1) is 12.7. The minimum Gasteiger partial charge on any atom is -0.391 e. The summed E-state index contributed by atoms with van der Waals surface area (Å²) >= 11 is 6.98. The van der Waals surface area contributed by atoms with E-state index >= 15 is 0 Å². The first-order valence-corrected chi connectivity index (χ1v) is 12.9. The van der Waals surface area contributed by atoms with E-state index in [4.69, 9.17) is 0 Å². The highest BCUT2D eigenvalue weighted by molar-refractivity contribution is 8.03. The number of benzene rings is 2. The number of aliphatic hydroxyl groups excluding tert-OH is 2. The van der Waals surface area contributed by atoms with Crippen molar-refractivity contribution in [1.29, 1.82) is 0 Å². The molecule has 2 aromatic rings. The first-order valence-electron chi connectivity index (χ1n) is 8.61. The first kappa shape index (κ1) is 22.1. The van der Waals surface area contributed by atoms with Crippen LogP contribution in [0.15, 0.2) is 70.5 Å². The maximum Gasteiger partial charge on any atom is 0.0724 e. The van der Waals surface area contributed by atoms with Crippen molar-refractivity contribution >= 4 is 47.0 Å². The van der Waals surface area contributed by atoms with Gasteiger partial charge in [0.25, 0.3) is 0 Å². The van der Waals surface area contributed by atoms with Crippen molar-refractivity contribution < 1.29 is 10.2 Å². The van der Waals surface area contributed by atoms with Gasteiger partial charge in [-0.1, -0.05) is 36.4 Å². The topological polar surface area (TPSA) is 40.5 Å². The van der Waals surface area contributed by atoms with E-state index in [1.807, 2.05) is 36.4 Å². The highest BCUT2D eigenvalue weighted by atomic mass is 32.2. The predicted octanol–water partition coefficient (Wildman–Crippen LogP) is 4.76. The van der Waals surface area contributed by atoms with Crippen LogP contribution in [0.4, 0.5) is 0 Å². The fourth-order valence-corrected chi connectivity index (χ4v) is 6.13. The minimum atomic E-state index is -0.275. The SMILES string of the molecule is OC(CSCCSCC(O)CSc1ccccc1)CSc1ccccc1. The summed E-state index contributed by atoms with van der Waals surface area (Å²) in [6, 6.07) is 20.4. The Morgan fingerprint density at radius 2 is 0.962 bits per heavy atom. The van der Waals surface area contributed by atoms with Gasteiger partial charge in [-0.15, -0.1) is 23.5 Å². The number of hydrogen-bond donors (Lipinski definition) is 2. The van der Waals surface area contributed by atoms with E-state index in [9.17, 15) is 10.2 Å². The molecule has 26 heavy (non-hydrogen) atoms. The van der Waals surface area contributed by atoms with Crippen molar-refractivity contribution in [2.24, 2.45) is 0 Å². The van der Waals surface area contributed by atoms with Crippen LogP contribution in [0.5, 0.6) is 0 Å². The smallest absolute Gasteiger partial charge is 0.0724 e. The van der Waals surface area contributed by atoms with Crippen LogP contribution in [0.1, 0.15) is 0 Å². The summed E-state index contributed by atoms with van der Waals surface area (Å²) in [4.78, 5) is 2.41. The molecular weight excluding hydrogens is 400 g/mol. The van der Waals surface area contributed by atoms with Crippen molar-refractivity contribution in [2.45, 2.75) is 22.0 Å². The molecule has 0 fully saturated rings. The Morgan fingerprint density at radius 3 is 1.35 bits per heavy atom. The lowest BCUT2D eigenvalue weighted by Crippen LogP contribution is -2.15. The lowest BCUT2D eigenvalue weighted by atomic mass is 10.4. The normalized spacial score (nSPS) is 13.5. The van der Waals surface area contributed by atoms with Gasteiger partial charge in [0.15, 0.2) is 0 Å². The van der Waals surface area contributed by atoms with Gasteiger partial charge in [0.1, 0.15) is 0 Å². The second kappa shape index (κ2) is 13.9. The maximum absolute atomic E-state index is 10.0. The summed E-state index contributed by atoms with van der Waals surface area (Å²) in [6.45, 7) is 0. The van der Waals surface area contributed by atoms with Gasteiger partial charge in [-0.2, -0.15) is 23.5 Å². The molecule has 2 nitrogen and oxygen atoms in total. The highest BCUT2D eigenvalue weighted by Gasteiger charge is 2.07. The van der Waals surface area contributed by atoms with Gasteiger partial charge in [0, 0.05) is 44.3 Å². The van der Waals surface area contributed by atoms with Crippen LogP contribution in [-0.4, -0.2) is 56.9 Å². The fourth-order valence-electron chi connectivity index (χ4n) is 2.07. The van der Waals surface area contributed by atoms with Gasteiger partial charge >= 0.3 is 0 Å². The molecule has 2 aromatic carbocycles. The highest BCUT2D eigenvalue weighted by Crippen LogP contribution is 2.21. The van der Waals surface area contributed by atoms with Crippen molar-refractivity contribution in [3.05, 3.63) is 60.7 Å². The Labute approximate surface area is 173 Å². The Kier molecular flexibility index (Phi) is 11.8. The van der Waals surface area contributed by atoms with Gasteiger partial charge in [-0.3, -0.25) is 0 Å². The molecule has 0 aliphatic carbocycles. The second-order valence-corrected chi connectivity index (χ2v) is 10.2. The molecule has 0 aliphatic heterocycles. The average Bonchev–Trinajstić information content (AvgIpc) is 2.69. The molecule has 0 bridgehead atoms. The van der Waals surface area contributed by atoms with Gasteiger partial charge < -0.3 is 10.2 Å². The largest absolute Gasteiger partial charge is 0.391 e. The summed E-state index contributed by atoms with van der Waals surface area (Å²) < 4.78 is 0. The van der Waals surface area contributed by atoms with E-state index in [1.54, 1.807) is 47.0 Å². The van der Waals surface area contributed by atoms with Crippen LogP contribution in [0.2, 0.25) is 0 Å². The zero-order valence-corrected chi connectivity index (χ0v) is 18.0. The third-order valence-corrected chi connectivity index (χ3v) is 8.16. The van der Waals surface area contributed by atoms with Crippen LogP contribution < -0.4 is 0 Å². The molecule has 0 spiro atoms. The number of rotatable bonds is 13. The zero-order chi connectivity index (χ0) is 18.5. The molecule has 0 aliphatic rings. The van der Waals surface area contributed by atoms with Crippen LogP contribution >= 0.6 is 47.0 Å². The van der Waals surface area contributed by atoms with E-state index < -0.39 is 0 Å². The van der Waals surface area contributed by atoms with Crippen molar-refractivity contribution in [2.75, 3.05) is 34.5 Å². The summed E-state index contributed by atoms with van der Waals surface area (Å²) in [7, 11) is 0. The molecule has 0 aromatic heterocycles. The summed E-state index contributed by atoms with van der Waals surface area (Å²) in [5, 5.41) is 20.1. The number of thioether (sulfide) groups is 4. The van der Waals surface area contributed by atoms with Crippen LogP contribution in [0.25, 0.3) is 0 Å². The molecule has 0 amide bonds. The average molecular weight is 427 g/mol. The van der Waals surface area contributed by atoms with E-state index in [0.717, 1.165) is 34.5 Å². The Balaban J connectivity index is 1.43. The molecular formula is C20H26O2S4. The summed E-state index contributed by atoms with van der Waals surface area (Å²) in [6.07, 6.45) is -0.550. The van der Waals surface area contributed by atoms with E-state index in [1.165, 1.54) is 9.79 Å². The molecule has 0 radical (unpaired) electrons. The number of aliphatic hydroxyl groups is 2. The second-order valence-electron chi connectivity index (χ2n) is 5.71. The lowest BCUT2D eigenvalue weighted by Gasteiger charge is -2.11. The standard InChI is InChI=1S/C20H26O2S4/c21-17(15-25-19-7-3-1-4-8-19)13-23-11-12-24-14-18(22)16-26-20-9-5-2-6-10-20/h1-10,17-18,21-22H,11-16H2. The Hall–Kier alpha value is -0.240. The predicted molar refractivity (Wildman–Crippen MR) is 121 cm³/mol. The van der Waals surface area contributed by atoms with Crippen molar-refractivity contribution in [3.63, 3.8) is 0 Å². The lowest BCUT2D eigenvalue weighted by molar-refractivity contribution is 0.224. The summed E-state index contributed by atoms with van der Waals surface area (Å²) in [5.41, 5.74) is 0. The molecule has 2 unspecified atom stereocenters. The van der Waals surface area contributed by atoms with Crippen LogP contribution in [0, 0.1) is 0 Å². The minimum absolute atomic E-state index is 0.275. The van der Waals surface area contributed by atoms with Crippen LogP contribution in [-0.2, 0) is 0 Å². The van der Waals surface area contributed by atoms with Crippen molar-refractivity contribution in [3.8, 4) is 0 Å². The van der Waals surface area contributed by atoms with Gasteiger partial charge in [0.05, 0.1) is 12.2 Å². The molecule has 0 saturated carbocycles. The number of hydrogen-bond acceptors (Lipinski definition) is 6. The molecule has 2 atom stereocenters. The van der Waals surface area contributed by atoms with E-state index in [2.05, 4.69) is 24.3 Å². The van der Waals surface area contributed by atoms with Gasteiger partial charge in [0.2, 0.25) is 0 Å². The fraction of sp³-hybridized carbons (Fsp3) is 0.400. The Bertz CT molecular complexity index is 529. The van der Waals surface area contributed by atoms with Crippen molar-refractivity contribution in [1.82, 2.24) is 0 Å². The molecule has 0 saturated heterocycles. The summed E-state index contributed by atoms with van der Waals surface area (Å²) in [5.74, 6) is 5.03. The third kappa shape index (κ3) is 10.2. The quantitative estimate of drug-likeness (QED) is 0.355. The monoisotopic (exact) mass is 426 g/mol. The molecule has 142 valence electrons. The molecule has 2 rings (SSSR count). The van der Waals surface area contributed by atoms with Gasteiger partial charge in [-0.25, -0.2) is 0 Å². The third-order valence-electron chi connectivity index (χ3n) is 3.36. The van der Waals surface area contributed by atoms with E-state index in [0.29, 0.717) is 0 Å². The van der Waals surface area contributed by atoms with E-state index in [-0.39, 0.29) is 12.2 Å². The Morgan fingerprint density at radius 1 is 0.577 bits per heavy atom. The zero-order valence-electron chi connectivity index (χ0n) is 14.7. The molecule has 2 N–H and O–H groups in total. The van der Waals surface area contributed by atoms with Gasteiger partial charge in [-0.05, 0) is 24.3 Å².